The molecule has 1 rings (SSSR count). The minimum Gasteiger partial charge on any atom is -0.317 e. The van der Waals surface area contributed by atoms with Crippen LogP contribution >= 0.6 is 11.8 Å². The van der Waals surface area contributed by atoms with Gasteiger partial charge in [-0.2, -0.15) is 0 Å². The highest BCUT2D eigenvalue weighted by molar-refractivity contribution is 7.99. The zero-order valence-electron chi connectivity index (χ0n) is 10.7. The molecule has 0 bridgehead atoms. The summed E-state index contributed by atoms with van der Waals surface area (Å²) in [6, 6.07) is 4.28. The van der Waals surface area contributed by atoms with Crippen molar-refractivity contribution in [2.75, 3.05) is 18.8 Å². The van der Waals surface area contributed by atoms with Gasteiger partial charge < -0.3 is 5.32 Å². The van der Waals surface area contributed by atoms with Crippen LogP contribution in [0.25, 0.3) is 0 Å². The molecule has 0 spiro atoms. The molecule has 90 valence electrons. The van der Waals surface area contributed by atoms with E-state index < -0.39 is 0 Å². The van der Waals surface area contributed by atoms with Crippen LogP contribution in [0.4, 0.5) is 0 Å². The van der Waals surface area contributed by atoms with Crippen molar-refractivity contribution in [3.8, 4) is 0 Å². The molecule has 1 aromatic heterocycles. The first-order chi connectivity index (χ1) is 7.61. The Labute approximate surface area is 103 Å². The first-order valence-electron chi connectivity index (χ1n) is 5.90. The van der Waals surface area contributed by atoms with Crippen LogP contribution in [0.3, 0.4) is 0 Å². The smallest absolute Gasteiger partial charge is 0.0965 e. The molecule has 3 heteroatoms. The third-order valence-corrected chi connectivity index (χ3v) is 3.57. The number of aryl methyl sites for hydroxylation is 2. The molecule has 1 heterocycles. The molecule has 0 fully saturated rings. The van der Waals surface area contributed by atoms with Gasteiger partial charge in [-0.05, 0) is 50.6 Å². The maximum absolute atomic E-state index is 4.53. The Kier molecular flexibility index (Phi) is 5.85. The molecular weight excluding hydrogens is 216 g/mol. The van der Waals surface area contributed by atoms with Crippen LogP contribution in [-0.4, -0.2) is 23.8 Å². The average molecular weight is 238 g/mol. The van der Waals surface area contributed by atoms with E-state index in [2.05, 4.69) is 50.1 Å². The first kappa shape index (κ1) is 13.5. The van der Waals surface area contributed by atoms with E-state index in [1.807, 2.05) is 11.8 Å². The summed E-state index contributed by atoms with van der Waals surface area (Å²) < 4.78 is 0. The molecular formula is C13H22N2S. The molecule has 0 aromatic carbocycles. The maximum Gasteiger partial charge on any atom is 0.0965 e. The second kappa shape index (κ2) is 6.92. The number of hydrogen-bond acceptors (Lipinski definition) is 3. The van der Waals surface area contributed by atoms with Gasteiger partial charge in [0.15, 0.2) is 0 Å². The molecule has 1 unspecified atom stereocenters. The monoisotopic (exact) mass is 238 g/mol. The second-order valence-electron chi connectivity index (χ2n) is 4.35. The summed E-state index contributed by atoms with van der Waals surface area (Å²) in [6.45, 7) is 10.7. The molecule has 1 atom stereocenters. The summed E-state index contributed by atoms with van der Waals surface area (Å²) in [7, 11) is 0. The average Bonchev–Trinajstić information content (AvgIpc) is 2.22. The lowest BCUT2D eigenvalue weighted by Gasteiger charge is -2.11. The molecule has 0 aliphatic carbocycles. The van der Waals surface area contributed by atoms with Crippen LogP contribution < -0.4 is 5.32 Å². The Morgan fingerprint density at radius 2 is 2.12 bits per heavy atom. The van der Waals surface area contributed by atoms with Gasteiger partial charge in [-0.15, -0.1) is 11.8 Å². The fraction of sp³-hybridized carbons (Fsp3) is 0.615. The van der Waals surface area contributed by atoms with Crippen molar-refractivity contribution in [2.45, 2.75) is 32.7 Å². The van der Waals surface area contributed by atoms with Crippen molar-refractivity contribution < 1.29 is 0 Å². The van der Waals surface area contributed by atoms with E-state index in [9.17, 15) is 0 Å². The van der Waals surface area contributed by atoms with Gasteiger partial charge in [0.2, 0.25) is 0 Å². The molecule has 2 nitrogen and oxygen atoms in total. The van der Waals surface area contributed by atoms with Gasteiger partial charge in [0.1, 0.15) is 0 Å². The fourth-order valence-corrected chi connectivity index (χ4v) is 2.61. The van der Waals surface area contributed by atoms with E-state index in [1.54, 1.807) is 0 Å². The molecule has 1 aromatic rings. The lowest BCUT2D eigenvalue weighted by molar-refractivity contribution is 0.573. The van der Waals surface area contributed by atoms with Gasteiger partial charge in [0, 0.05) is 11.4 Å². The van der Waals surface area contributed by atoms with Crippen molar-refractivity contribution >= 4 is 11.8 Å². The van der Waals surface area contributed by atoms with Crippen molar-refractivity contribution in [2.24, 2.45) is 5.92 Å². The molecule has 0 amide bonds. The van der Waals surface area contributed by atoms with Crippen LogP contribution in [0.1, 0.15) is 25.1 Å². The van der Waals surface area contributed by atoms with E-state index in [0.29, 0.717) is 5.92 Å². The predicted octanol–water partition coefficient (Wildman–Crippen LogP) is 3.04. The summed E-state index contributed by atoms with van der Waals surface area (Å²) in [4.78, 5) is 4.53. The number of thioether (sulfide) groups is 1. The van der Waals surface area contributed by atoms with E-state index >= 15 is 0 Å². The normalized spacial score (nSPS) is 12.8. The summed E-state index contributed by atoms with van der Waals surface area (Å²) in [5, 5.41) is 4.53. The van der Waals surface area contributed by atoms with Crippen molar-refractivity contribution in [3.63, 3.8) is 0 Å². The van der Waals surface area contributed by atoms with E-state index in [4.69, 9.17) is 0 Å². The first-order valence-corrected chi connectivity index (χ1v) is 6.89. The van der Waals surface area contributed by atoms with Crippen LogP contribution in [0.5, 0.6) is 0 Å². The fourth-order valence-electron chi connectivity index (χ4n) is 1.56. The van der Waals surface area contributed by atoms with Crippen LogP contribution in [0.15, 0.2) is 17.2 Å². The Morgan fingerprint density at radius 3 is 2.75 bits per heavy atom. The van der Waals surface area contributed by atoms with Crippen LogP contribution in [-0.2, 0) is 0 Å². The van der Waals surface area contributed by atoms with Gasteiger partial charge in [0.05, 0.1) is 5.03 Å². The Bertz CT molecular complexity index is 305. The number of aromatic nitrogens is 1. The van der Waals surface area contributed by atoms with Crippen molar-refractivity contribution in [1.82, 2.24) is 10.3 Å². The molecule has 0 aliphatic rings. The number of pyridine rings is 1. The molecule has 0 aliphatic heterocycles. The summed E-state index contributed by atoms with van der Waals surface area (Å²) in [6.07, 6.45) is 0. The summed E-state index contributed by atoms with van der Waals surface area (Å²) in [5.74, 6) is 1.82. The number of nitrogens with one attached hydrogen (secondary N) is 1. The van der Waals surface area contributed by atoms with Gasteiger partial charge >= 0.3 is 0 Å². The highest BCUT2D eigenvalue weighted by Crippen LogP contribution is 2.20. The second-order valence-corrected chi connectivity index (χ2v) is 5.39. The zero-order chi connectivity index (χ0) is 12.0. The lowest BCUT2D eigenvalue weighted by atomic mass is 10.2. The highest BCUT2D eigenvalue weighted by Gasteiger charge is 2.04. The summed E-state index contributed by atoms with van der Waals surface area (Å²) in [5.41, 5.74) is 2.41. The van der Waals surface area contributed by atoms with Gasteiger partial charge in [-0.1, -0.05) is 13.8 Å². The van der Waals surface area contributed by atoms with Gasteiger partial charge in [0.25, 0.3) is 0 Å². The van der Waals surface area contributed by atoms with Crippen LogP contribution in [0, 0.1) is 19.8 Å². The third-order valence-electron chi connectivity index (χ3n) is 2.33. The number of rotatable bonds is 6. The predicted molar refractivity (Wildman–Crippen MR) is 72.1 cm³/mol. The molecule has 0 saturated heterocycles. The molecule has 1 N–H and O–H groups in total. The quantitative estimate of drug-likeness (QED) is 0.771. The maximum atomic E-state index is 4.53. The Hall–Kier alpha value is -0.540. The Balaban J connectivity index is 2.41. The molecule has 0 radical (unpaired) electrons. The van der Waals surface area contributed by atoms with E-state index in [-0.39, 0.29) is 0 Å². The minimum atomic E-state index is 0.688. The van der Waals surface area contributed by atoms with Gasteiger partial charge in [-0.3, -0.25) is 0 Å². The van der Waals surface area contributed by atoms with Crippen LogP contribution in [0.2, 0.25) is 0 Å². The topological polar surface area (TPSA) is 24.9 Å². The minimum absolute atomic E-state index is 0.688. The largest absolute Gasteiger partial charge is 0.317 e. The van der Waals surface area contributed by atoms with E-state index in [0.717, 1.165) is 29.6 Å². The number of nitrogens with zero attached hydrogens (tertiary/aromatic N) is 1. The standard InChI is InChI=1S/C13H22N2S/c1-5-14-8-11(3)9-16-13-7-10(2)6-12(4)15-13/h6-7,11,14H,5,8-9H2,1-4H3. The molecule has 0 saturated carbocycles. The molecule has 16 heavy (non-hydrogen) atoms. The summed E-state index contributed by atoms with van der Waals surface area (Å²) >= 11 is 1.86. The third kappa shape index (κ3) is 4.99. The lowest BCUT2D eigenvalue weighted by Crippen LogP contribution is -2.21. The van der Waals surface area contributed by atoms with Crippen molar-refractivity contribution in [3.05, 3.63) is 23.4 Å². The highest BCUT2D eigenvalue weighted by atomic mass is 32.2. The van der Waals surface area contributed by atoms with Crippen molar-refractivity contribution in [1.29, 1.82) is 0 Å². The van der Waals surface area contributed by atoms with Gasteiger partial charge in [-0.25, -0.2) is 4.98 Å². The van der Waals surface area contributed by atoms with E-state index in [1.165, 1.54) is 5.56 Å². The Morgan fingerprint density at radius 1 is 1.38 bits per heavy atom. The number of hydrogen-bond donors (Lipinski definition) is 1. The SMILES string of the molecule is CCNCC(C)CSc1cc(C)cc(C)n1. The zero-order valence-corrected chi connectivity index (χ0v) is 11.5.